The topological polar surface area (TPSA) is 129 Å². The van der Waals surface area contributed by atoms with Crippen LogP contribution in [0.15, 0.2) is 6.20 Å². The summed E-state index contributed by atoms with van der Waals surface area (Å²) >= 11 is 0. The van der Waals surface area contributed by atoms with Gasteiger partial charge in [-0.05, 0) is 12.8 Å². The highest BCUT2D eigenvalue weighted by molar-refractivity contribution is 5.65. The summed E-state index contributed by atoms with van der Waals surface area (Å²) in [5.41, 5.74) is 0.266. The van der Waals surface area contributed by atoms with Crippen LogP contribution in [-0.4, -0.2) is 51.8 Å². The number of carboxylic acid groups (broad SMARTS) is 1. The Hall–Kier alpha value is -2.20. The Morgan fingerprint density at radius 1 is 1.64 bits per heavy atom. The summed E-state index contributed by atoms with van der Waals surface area (Å²) in [7, 11) is 3.10. The summed E-state index contributed by atoms with van der Waals surface area (Å²) in [6.07, 6.45) is 0.107. The summed E-state index contributed by atoms with van der Waals surface area (Å²) in [6, 6.07) is -0.528. The molecule has 2 rings (SSSR count). The molecule has 122 valence electrons. The number of nitrogens with zero attached hydrogens (tertiary/aromatic N) is 3. The van der Waals surface area contributed by atoms with Crippen LogP contribution in [0.25, 0.3) is 0 Å². The van der Waals surface area contributed by atoms with E-state index in [1.165, 1.54) is 18.0 Å². The minimum Gasteiger partial charge on any atom is -0.465 e. The van der Waals surface area contributed by atoms with E-state index in [-0.39, 0.29) is 18.4 Å². The van der Waals surface area contributed by atoms with Gasteiger partial charge in [0.15, 0.2) is 0 Å². The fourth-order valence-corrected chi connectivity index (χ4v) is 2.67. The van der Waals surface area contributed by atoms with Gasteiger partial charge in [-0.15, -0.1) is 0 Å². The quantitative estimate of drug-likeness (QED) is 0.622. The maximum absolute atomic E-state index is 11.1. The third-order valence-corrected chi connectivity index (χ3v) is 3.72. The van der Waals surface area contributed by atoms with Gasteiger partial charge in [-0.3, -0.25) is 14.8 Å². The number of methoxy groups -OCH3 is 1. The number of ether oxygens (including phenoxy) is 2. The van der Waals surface area contributed by atoms with Crippen molar-refractivity contribution in [2.75, 3.05) is 13.7 Å². The fourth-order valence-electron chi connectivity index (χ4n) is 2.67. The molecule has 0 spiro atoms. The first-order valence-corrected chi connectivity index (χ1v) is 6.74. The standard InChI is InChI=1S/C12H18N4O6/c1-15-11(8(5-13-15)16(19)20)10-4-3-9(21-2)7(6-22-10)14-12(17)18/h5,7,9-10,14H,3-4,6H2,1-2H3,(H,17,18). The molecule has 10 heteroatoms. The van der Waals surface area contributed by atoms with Gasteiger partial charge in [0.05, 0.1) is 23.7 Å². The molecule has 1 aromatic rings. The Morgan fingerprint density at radius 2 is 2.36 bits per heavy atom. The van der Waals surface area contributed by atoms with Gasteiger partial charge in [0, 0.05) is 14.2 Å². The van der Waals surface area contributed by atoms with Crippen LogP contribution in [0.4, 0.5) is 10.5 Å². The van der Waals surface area contributed by atoms with Crippen molar-refractivity contribution in [2.45, 2.75) is 31.1 Å². The molecule has 2 heterocycles. The largest absolute Gasteiger partial charge is 0.465 e. The second-order valence-corrected chi connectivity index (χ2v) is 5.03. The molecule has 10 nitrogen and oxygen atoms in total. The van der Waals surface area contributed by atoms with E-state index in [9.17, 15) is 14.9 Å². The van der Waals surface area contributed by atoms with Gasteiger partial charge in [-0.2, -0.15) is 5.10 Å². The van der Waals surface area contributed by atoms with E-state index < -0.39 is 23.2 Å². The van der Waals surface area contributed by atoms with Crippen molar-refractivity contribution in [3.8, 4) is 0 Å². The number of hydrogen-bond acceptors (Lipinski definition) is 6. The lowest BCUT2D eigenvalue weighted by Gasteiger charge is -2.22. The lowest BCUT2D eigenvalue weighted by molar-refractivity contribution is -0.386. The van der Waals surface area contributed by atoms with Gasteiger partial charge in [-0.25, -0.2) is 4.79 Å². The molecule has 3 atom stereocenters. The zero-order chi connectivity index (χ0) is 16.3. The van der Waals surface area contributed by atoms with Crippen LogP contribution in [0.3, 0.4) is 0 Å². The van der Waals surface area contributed by atoms with Crippen LogP contribution < -0.4 is 5.32 Å². The molecule has 1 aromatic heterocycles. The lowest BCUT2D eigenvalue weighted by Crippen LogP contribution is -2.45. The van der Waals surface area contributed by atoms with Crippen molar-refractivity contribution in [1.82, 2.24) is 15.1 Å². The molecule has 0 aliphatic carbocycles. The molecule has 1 fully saturated rings. The SMILES string of the molecule is COC1CCC(c2c([N+](=O)[O-])cnn2C)OCC1NC(=O)O. The minimum absolute atomic E-state index is 0.0673. The van der Waals surface area contributed by atoms with Gasteiger partial charge in [-0.1, -0.05) is 0 Å². The molecule has 1 saturated heterocycles. The van der Waals surface area contributed by atoms with E-state index in [0.717, 1.165) is 0 Å². The van der Waals surface area contributed by atoms with Gasteiger partial charge >= 0.3 is 11.8 Å². The number of aromatic nitrogens is 2. The first-order chi connectivity index (χ1) is 10.4. The third-order valence-electron chi connectivity index (χ3n) is 3.72. The Balaban J connectivity index is 2.20. The van der Waals surface area contributed by atoms with Crippen molar-refractivity contribution < 1.29 is 24.3 Å². The summed E-state index contributed by atoms with van der Waals surface area (Å²) in [5.74, 6) is 0. The molecule has 1 aliphatic rings. The number of nitro groups is 1. The molecule has 1 amide bonds. The van der Waals surface area contributed by atoms with Gasteiger partial charge < -0.3 is 19.9 Å². The fraction of sp³-hybridized carbons (Fsp3) is 0.667. The van der Waals surface area contributed by atoms with Crippen LogP contribution in [0, 0.1) is 10.1 Å². The number of hydrogen-bond donors (Lipinski definition) is 2. The molecule has 3 unspecified atom stereocenters. The summed E-state index contributed by atoms with van der Waals surface area (Å²) in [6.45, 7) is 0.0673. The summed E-state index contributed by atoms with van der Waals surface area (Å²) in [5, 5.41) is 26.2. The second kappa shape index (κ2) is 6.71. The maximum Gasteiger partial charge on any atom is 0.405 e. The molecule has 0 bridgehead atoms. The van der Waals surface area contributed by atoms with Gasteiger partial charge in [0.25, 0.3) is 0 Å². The second-order valence-electron chi connectivity index (χ2n) is 5.03. The summed E-state index contributed by atoms with van der Waals surface area (Å²) < 4.78 is 12.4. The number of amides is 1. The van der Waals surface area contributed by atoms with E-state index in [2.05, 4.69) is 10.4 Å². The normalized spacial score (nSPS) is 25.5. The Morgan fingerprint density at radius 3 is 2.95 bits per heavy atom. The first kappa shape index (κ1) is 16.2. The monoisotopic (exact) mass is 314 g/mol. The smallest absolute Gasteiger partial charge is 0.405 e. The highest BCUT2D eigenvalue weighted by Gasteiger charge is 2.34. The van der Waals surface area contributed by atoms with Crippen LogP contribution in [0.2, 0.25) is 0 Å². The molecule has 0 saturated carbocycles. The Bertz CT molecular complexity index is 560. The Kier molecular flexibility index (Phi) is 4.93. The first-order valence-electron chi connectivity index (χ1n) is 6.74. The lowest BCUT2D eigenvalue weighted by atomic mass is 10.0. The molecule has 1 aliphatic heterocycles. The number of carbonyl (C=O) groups is 1. The van der Waals surface area contributed by atoms with Crippen molar-refractivity contribution in [1.29, 1.82) is 0 Å². The van der Waals surface area contributed by atoms with Gasteiger partial charge in [0.1, 0.15) is 18.0 Å². The van der Waals surface area contributed by atoms with Crippen LogP contribution in [0.5, 0.6) is 0 Å². The number of rotatable bonds is 4. The average Bonchev–Trinajstić information content (AvgIpc) is 2.72. The minimum atomic E-state index is -1.17. The average molecular weight is 314 g/mol. The molecule has 22 heavy (non-hydrogen) atoms. The molecular formula is C12H18N4O6. The van der Waals surface area contributed by atoms with E-state index in [1.54, 1.807) is 7.05 Å². The Labute approximate surface area is 126 Å². The van der Waals surface area contributed by atoms with Crippen LogP contribution >= 0.6 is 0 Å². The van der Waals surface area contributed by atoms with E-state index in [1.807, 2.05) is 0 Å². The van der Waals surface area contributed by atoms with Crippen molar-refractivity contribution >= 4 is 11.8 Å². The van der Waals surface area contributed by atoms with Crippen LogP contribution in [0.1, 0.15) is 24.6 Å². The van der Waals surface area contributed by atoms with E-state index >= 15 is 0 Å². The zero-order valence-corrected chi connectivity index (χ0v) is 12.3. The molecule has 0 radical (unpaired) electrons. The summed E-state index contributed by atoms with van der Waals surface area (Å²) in [4.78, 5) is 21.4. The maximum atomic E-state index is 11.1. The third kappa shape index (κ3) is 3.34. The number of aryl methyl sites for hydroxylation is 1. The number of nitrogens with one attached hydrogen (secondary N) is 1. The molecule has 2 N–H and O–H groups in total. The van der Waals surface area contributed by atoms with Crippen molar-refractivity contribution in [3.63, 3.8) is 0 Å². The molecular weight excluding hydrogens is 296 g/mol. The van der Waals surface area contributed by atoms with E-state index in [4.69, 9.17) is 14.6 Å². The van der Waals surface area contributed by atoms with Crippen molar-refractivity contribution in [2.24, 2.45) is 7.05 Å². The predicted molar refractivity (Wildman–Crippen MR) is 73.5 cm³/mol. The van der Waals surface area contributed by atoms with E-state index in [0.29, 0.717) is 18.5 Å². The highest BCUT2D eigenvalue weighted by atomic mass is 16.6. The highest BCUT2D eigenvalue weighted by Crippen LogP contribution is 2.33. The van der Waals surface area contributed by atoms with Crippen LogP contribution in [-0.2, 0) is 16.5 Å². The van der Waals surface area contributed by atoms with Gasteiger partial charge in [0.2, 0.25) is 0 Å². The zero-order valence-electron chi connectivity index (χ0n) is 12.3. The predicted octanol–water partition coefficient (Wildman–Crippen LogP) is 0.831. The van der Waals surface area contributed by atoms with Crippen molar-refractivity contribution in [3.05, 3.63) is 22.0 Å². The molecule has 0 aromatic carbocycles.